The van der Waals surface area contributed by atoms with E-state index in [4.69, 9.17) is 5.73 Å². The molecule has 0 fully saturated rings. The van der Waals surface area contributed by atoms with Gasteiger partial charge in [0, 0.05) is 0 Å². The maximum atomic E-state index is 11.4. The molecule has 0 rings (SSSR count). The molecule has 0 radical (unpaired) electrons. The van der Waals surface area contributed by atoms with E-state index in [2.05, 4.69) is 10.1 Å². The van der Waals surface area contributed by atoms with Gasteiger partial charge < -0.3 is 15.8 Å². The first kappa shape index (κ1) is 13.9. The monoisotopic (exact) mass is 216 g/mol. The summed E-state index contributed by atoms with van der Waals surface area (Å²) in [4.78, 5) is 22.7. The minimum Gasteiger partial charge on any atom is -0.467 e. The molecule has 0 saturated heterocycles. The summed E-state index contributed by atoms with van der Waals surface area (Å²) in [6.45, 7) is 5.39. The van der Waals surface area contributed by atoms with E-state index in [9.17, 15) is 9.59 Å². The number of carbonyl (C=O) groups is 2. The van der Waals surface area contributed by atoms with Crippen molar-refractivity contribution in [3.63, 3.8) is 0 Å². The molecular weight excluding hydrogens is 196 g/mol. The third-order valence-corrected chi connectivity index (χ3v) is 2.38. The number of nitrogens with one attached hydrogen (secondary N) is 1. The molecule has 5 nitrogen and oxygen atoms in total. The Morgan fingerprint density at radius 1 is 1.40 bits per heavy atom. The number of hydrogen-bond acceptors (Lipinski definition) is 4. The van der Waals surface area contributed by atoms with Crippen molar-refractivity contribution in [1.29, 1.82) is 0 Å². The van der Waals surface area contributed by atoms with E-state index in [0.29, 0.717) is 0 Å². The molecule has 88 valence electrons. The smallest absolute Gasteiger partial charge is 0.328 e. The predicted molar refractivity (Wildman–Crippen MR) is 57.1 cm³/mol. The number of rotatable bonds is 5. The summed E-state index contributed by atoms with van der Waals surface area (Å²) in [5, 5.41) is 2.58. The fraction of sp³-hybridized carbons (Fsp3) is 0.800. The Morgan fingerprint density at radius 2 is 1.93 bits per heavy atom. The van der Waals surface area contributed by atoms with Crippen LogP contribution < -0.4 is 11.1 Å². The van der Waals surface area contributed by atoms with E-state index in [0.717, 1.165) is 6.42 Å². The van der Waals surface area contributed by atoms with Crippen LogP contribution in [-0.4, -0.2) is 31.1 Å². The van der Waals surface area contributed by atoms with Crippen molar-refractivity contribution in [3.8, 4) is 0 Å². The first-order valence-corrected chi connectivity index (χ1v) is 5.07. The summed E-state index contributed by atoms with van der Waals surface area (Å²) in [6.07, 6.45) is 0.777. The van der Waals surface area contributed by atoms with Crippen molar-refractivity contribution in [3.05, 3.63) is 0 Å². The van der Waals surface area contributed by atoms with Crippen molar-refractivity contribution in [2.75, 3.05) is 7.11 Å². The first-order chi connectivity index (χ1) is 6.93. The largest absolute Gasteiger partial charge is 0.467 e. The standard InChI is InChI=1S/C10H20N2O3/c1-5-6(2)8(10(14)15-4)12-9(13)7(3)11/h6-8H,5,11H2,1-4H3,(H,12,13)/t6?,7-,8?/m0/s1. The lowest BCUT2D eigenvalue weighted by Crippen LogP contribution is -2.50. The highest BCUT2D eigenvalue weighted by Crippen LogP contribution is 2.09. The number of carbonyl (C=O) groups excluding carboxylic acids is 2. The maximum Gasteiger partial charge on any atom is 0.328 e. The summed E-state index contributed by atoms with van der Waals surface area (Å²) in [6, 6.07) is -1.24. The lowest BCUT2D eigenvalue weighted by molar-refractivity contribution is -0.146. The zero-order valence-electron chi connectivity index (χ0n) is 9.74. The molecule has 0 bridgehead atoms. The zero-order chi connectivity index (χ0) is 12.0. The van der Waals surface area contributed by atoms with Crippen LogP contribution in [-0.2, 0) is 14.3 Å². The van der Waals surface area contributed by atoms with Crippen LogP contribution in [0.2, 0.25) is 0 Å². The van der Waals surface area contributed by atoms with Gasteiger partial charge in [-0.05, 0) is 12.8 Å². The Balaban J connectivity index is 4.51. The van der Waals surface area contributed by atoms with Crippen LogP contribution in [0.15, 0.2) is 0 Å². The summed E-state index contributed by atoms with van der Waals surface area (Å²) < 4.78 is 4.62. The highest BCUT2D eigenvalue weighted by Gasteiger charge is 2.27. The van der Waals surface area contributed by atoms with Gasteiger partial charge in [-0.1, -0.05) is 20.3 Å². The third kappa shape index (κ3) is 4.29. The van der Waals surface area contributed by atoms with Gasteiger partial charge in [0.25, 0.3) is 0 Å². The molecule has 3 N–H and O–H groups in total. The molecule has 0 aromatic carbocycles. The second-order valence-electron chi connectivity index (χ2n) is 3.68. The molecule has 0 aliphatic heterocycles. The van der Waals surface area contributed by atoms with Gasteiger partial charge >= 0.3 is 5.97 Å². The van der Waals surface area contributed by atoms with Crippen LogP contribution in [0.5, 0.6) is 0 Å². The number of ether oxygens (including phenoxy) is 1. The van der Waals surface area contributed by atoms with Crippen molar-refractivity contribution in [2.45, 2.75) is 39.3 Å². The molecule has 0 aliphatic carbocycles. The highest BCUT2D eigenvalue weighted by atomic mass is 16.5. The number of esters is 1. The average molecular weight is 216 g/mol. The van der Waals surface area contributed by atoms with E-state index in [1.54, 1.807) is 6.92 Å². The van der Waals surface area contributed by atoms with Crippen molar-refractivity contribution in [1.82, 2.24) is 5.32 Å². The van der Waals surface area contributed by atoms with Crippen LogP contribution >= 0.6 is 0 Å². The summed E-state index contributed by atoms with van der Waals surface area (Å²) in [7, 11) is 1.30. The van der Waals surface area contributed by atoms with E-state index < -0.39 is 18.1 Å². The summed E-state index contributed by atoms with van der Waals surface area (Å²) >= 11 is 0. The Hall–Kier alpha value is -1.10. The molecule has 0 spiro atoms. The van der Waals surface area contributed by atoms with E-state index in [1.165, 1.54) is 7.11 Å². The van der Waals surface area contributed by atoms with Gasteiger partial charge in [0.1, 0.15) is 6.04 Å². The zero-order valence-corrected chi connectivity index (χ0v) is 9.74. The molecule has 5 heteroatoms. The van der Waals surface area contributed by atoms with Crippen molar-refractivity contribution < 1.29 is 14.3 Å². The number of hydrogen-bond donors (Lipinski definition) is 2. The van der Waals surface area contributed by atoms with Gasteiger partial charge in [0.2, 0.25) is 5.91 Å². The van der Waals surface area contributed by atoms with Gasteiger partial charge in [0.05, 0.1) is 13.2 Å². The Labute approximate surface area is 90.4 Å². The number of methoxy groups -OCH3 is 1. The lowest BCUT2D eigenvalue weighted by Gasteiger charge is -2.22. The molecule has 0 aromatic heterocycles. The molecule has 2 unspecified atom stereocenters. The van der Waals surface area contributed by atoms with Gasteiger partial charge in [-0.25, -0.2) is 4.79 Å². The molecule has 3 atom stereocenters. The van der Waals surface area contributed by atoms with Crippen molar-refractivity contribution in [2.24, 2.45) is 11.7 Å². The molecule has 0 heterocycles. The summed E-state index contributed by atoms with van der Waals surface area (Å²) in [5.74, 6) is -0.746. The number of nitrogens with two attached hydrogens (primary N) is 1. The molecule has 0 aromatic rings. The molecule has 15 heavy (non-hydrogen) atoms. The van der Waals surface area contributed by atoms with E-state index in [1.807, 2.05) is 13.8 Å². The fourth-order valence-electron chi connectivity index (χ4n) is 1.08. The lowest BCUT2D eigenvalue weighted by atomic mass is 9.99. The van der Waals surface area contributed by atoms with Crippen molar-refractivity contribution >= 4 is 11.9 Å². The van der Waals surface area contributed by atoms with Crippen LogP contribution in [0.25, 0.3) is 0 Å². The van der Waals surface area contributed by atoms with Crippen LogP contribution in [0.3, 0.4) is 0 Å². The number of amides is 1. The quantitative estimate of drug-likeness (QED) is 0.636. The maximum absolute atomic E-state index is 11.4. The van der Waals surface area contributed by atoms with Gasteiger partial charge in [-0.3, -0.25) is 4.79 Å². The van der Waals surface area contributed by atoms with Gasteiger partial charge in [-0.15, -0.1) is 0 Å². The molecule has 1 amide bonds. The predicted octanol–water partition coefficient (Wildman–Crippen LogP) is 0.0375. The normalized spacial score (nSPS) is 16.3. The second-order valence-corrected chi connectivity index (χ2v) is 3.68. The van der Waals surface area contributed by atoms with Gasteiger partial charge in [-0.2, -0.15) is 0 Å². The Morgan fingerprint density at radius 3 is 2.27 bits per heavy atom. The highest BCUT2D eigenvalue weighted by molar-refractivity contribution is 5.87. The van der Waals surface area contributed by atoms with E-state index >= 15 is 0 Å². The first-order valence-electron chi connectivity index (χ1n) is 5.07. The molecule has 0 saturated carbocycles. The van der Waals surface area contributed by atoms with E-state index in [-0.39, 0.29) is 11.8 Å². The van der Waals surface area contributed by atoms with Crippen LogP contribution in [0.1, 0.15) is 27.2 Å². The fourth-order valence-corrected chi connectivity index (χ4v) is 1.08. The summed E-state index contributed by atoms with van der Waals surface area (Å²) in [5.41, 5.74) is 5.40. The van der Waals surface area contributed by atoms with Crippen LogP contribution in [0, 0.1) is 5.92 Å². The van der Waals surface area contributed by atoms with Gasteiger partial charge in [0.15, 0.2) is 0 Å². The minimum absolute atomic E-state index is 0.0279. The Bertz CT molecular complexity index is 229. The Kier molecular flexibility index (Phi) is 5.93. The van der Waals surface area contributed by atoms with Crippen LogP contribution in [0.4, 0.5) is 0 Å². The SMILES string of the molecule is CCC(C)C(NC(=O)[C@H](C)N)C(=O)OC. The average Bonchev–Trinajstić information content (AvgIpc) is 2.23. The molecular formula is C10H20N2O3. The third-order valence-electron chi connectivity index (χ3n) is 2.38. The minimum atomic E-state index is -0.624. The topological polar surface area (TPSA) is 81.4 Å². The molecule has 0 aliphatic rings. The second kappa shape index (κ2) is 6.40.